The summed E-state index contributed by atoms with van der Waals surface area (Å²) in [4.78, 5) is 12.1. The third-order valence-corrected chi connectivity index (χ3v) is 5.63. The van der Waals surface area contributed by atoms with Crippen molar-refractivity contribution in [3.63, 3.8) is 0 Å². The van der Waals surface area contributed by atoms with Gasteiger partial charge in [-0.3, -0.25) is 4.99 Å². The van der Waals surface area contributed by atoms with Gasteiger partial charge in [0.25, 0.3) is 0 Å². The number of allylic oxidation sites excluding steroid dienone is 1. The van der Waals surface area contributed by atoms with Gasteiger partial charge in [0.1, 0.15) is 12.4 Å². The summed E-state index contributed by atoms with van der Waals surface area (Å²) in [5.74, 6) is 0.822. The maximum absolute atomic E-state index is 6.00. The first-order valence-corrected chi connectivity index (χ1v) is 10.3. The SMILES string of the molecule is CN1CCN=C(/C=C/c2ccccc2OCc2cnc(Cl)s2)c2ccccc21. The molecule has 0 fully saturated rings. The first kappa shape index (κ1) is 18.7. The van der Waals surface area contributed by atoms with Crippen molar-refractivity contribution in [3.8, 4) is 5.75 Å². The number of hydrogen-bond donors (Lipinski definition) is 0. The van der Waals surface area contributed by atoms with Crippen molar-refractivity contribution >= 4 is 40.4 Å². The molecule has 0 aliphatic carbocycles. The van der Waals surface area contributed by atoms with Crippen LogP contribution in [0.15, 0.2) is 65.8 Å². The second kappa shape index (κ2) is 8.59. The number of aliphatic imine (C=N–C) groups is 1. The first-order chi connectivity index (χ1) is 13.7. The maximum Gasteiger partial charge on any atom is 0.183 e. The quantitative estimate of drug-likeness (QED) is 0.571. The number of benzene rings is 2. The van der Waals surface area contributed by atoms with Gasteiger partial charge in [-0.1, -0.05) is 48.0 Å². The summed E-state index contributed by atoms with van der Waals surface area (Å²) < 4.78 is 6.53. The number of aromatic nitrogens is 1. The second-order valence-electron chi connectivity index (χ2n) is 6.45. The largest absolute Gasteiger partial charge is 0.487 e. The molecular formula is C22H20ClN3OS. The normalized spacial score (nSPS) is 13.9. The van der Waals surface area contributed by atoms with Crippen molar-refractivity contribution in [2.45, 2.75) is 6.61 Å². The van der Waals surface area contributed by atoms with E-state index in [0.29, 0.717) is 11.1 Å². The average Bonchev–Trinajstić information content (AvgIpc) is 3.07. The summed E-state index contributed by atoms with van der Waals surface area (Å²) in [6, 6.07) is 16.4. The number of fused-ring (bicyclic) bond motifs is 1. The highest BCUT2D eigenvalue weighted by Crippen LogP contribution is 2.26. The zero-order valence-electron chi connectivity index (χ0n) is 15.5. The third kappa shape index (κ3) is 4.26. The van der Waals surface area contributed by atoms with E-state index in [1.165, 1.54) is 17.0 Å². The van der Waals surface area contributed by atoms with Crippen LogP contribution in [0.5, 0.6) is 5.75 Å². The lowest BCUT2D eigenvalue weighted by molar-refractivity contribution is 0.309. The molecule has 0 unspecified atom stereocenters. The van der Waals surface area contributed by atoms with Gasteiger partial charge in [-0.25, -0.2) is 4.98 Å². The average molecular weight is 410 g/mol. The first-order valence-electron chi connectivity index (χ1n) is 9.06. The van der Waals surface area contributed by atoms with Crippen molar-refractivity contribution in [1.29, 1.82) is 0 Å². The van der Waals surface area contributed by atoms with Crippen molar-refractivity contribution in [1.82, 2.24) is 4.98 Å². The van der Waals surface area contributed by atoms with Crippen LogP contribution >= 0.6 is 22.9 Å². The van der Waals surface area contributed by atoms with Crippen LogP contribution in [0.1, 0.15) is 16.0 Å². The van der Waals surface area contributed by atoms with E-state index in [4.69, 9.17) is 21.3 Å². The van der Waals surface area contributed by atoms with Crippen LogP contribution in [0.2, 0.25) is 4.47 Å². The zero-order valence-corrected chi connectivity index (χ0v) is 17.1. The number of rotatable bonds is 5. The molecule has 0 spiro atoms. The second-order valence-corrected chi connectivity index (χ2v) is 8.14. The minimum atomic E-state index is 0.448. The fourth-order valence-electron chi connectivity index (χ4n) is 3.11. The molecule has 0 saturated heterocycles. The van der Waals surface area contributed by atoms with E-state index in [9.17, 15) is 0 Å². The van der Waals surface area contributed by atoms with Crippen LogP contribution in [-0.4, -0.2) is 30.8 Å². The molecule has 3 aromatic rings. The monoisotopic (exact) mass is 409 g/mol. The van der Waals surface area contributed by atoms with Gasteiger partial charge in [-0.15, -0.1) is 11.3 Å². The summed E-state index contributed by atoms with van der Waals surface area (Å²) in [6.07, 6.45) is 5.89. The van der Waals surface area contributed by atoms with Crippen LogP contribution in [0.25, 0.3) is 6.08 Å². The van der Waals surface area contributed by atoms with Crippen molar-refractivity contribution in [2.75, 3.05) is 25.0 Å². The van der Waals surface area contributed by atoms with Crippen LogP contribution in [0.3, 0.4) is 0 Å². The maximum atomic E-state index is 6.00. The Labute approximate surface area is 173 Å². The van der Waals surface area contributed by atoms with Crippen molar-refractivity contribution < 1.29 is 4.74 Å². The summed E-state index contributed by atoms with van der Waals surface area (Å²) in [5, 5.41) is 0. The topological polar surface area (TPSA) is 37.7 Å². The molecule has 6 heteroatoms. The molecule has 1 aliphatic heterocycles. The smallest absolute Gasteiger partial charge is 0.183 e. The highest BCUT2D eigenvalue weighted by atomic mass is 35.5. The van der Waals surface area contributed by atoms with E-state index in [0.717, 1.165) is 40.6 Å². The zero-order chi connectivity index (χ0) is 19.3. The standard InChI is InChI=1S/C22H20ClN3OS/c1-26-13-12-24-19(18-7-3-4-8-20(18)26)11-10-16-6-2-5-9-21(16)27-15-17-14-25-22(23)28-17/h2-11,14H,12-13,15H2,1H3/b11-10+. The minimum Gasteiger partial charge on any atom is -0.487 e. The van der Waals surface area contributed by atoms with Crippen LogP contribution in [-0.2, 0) is 6.61 Å². The van der Waals surface area contributed by atoms with Gasteiger partial charge in [-0.2, -0.15) is 0 Å². The number of anilines is 1. The van der Waals surface area contributed by atoms with E-state index >= 15 is 0 Å². The lowest BCUT2D eigenvalue weighted by atomic mass is 10.1. The van der Waals surface area contributed by atoms with Gasteiger partial charge in [0.2, 0.25) is 0 Å². The van der Waals surface area contributed by atoms with E-state index in [1.54, 1.807) is 6.20 Å². The Morgan fingerprint density at radius 3 is 2.82 bits per heavy atom. The van der Waals surface area contributed by atoms with Gasteiger partial charge in [-0.05, 0) is 24.3 Å². The fourth-order valence-corrected chi connectivity index (χ4v) is 4.00. The van der Waals surface area contributed by atoms with E-state index in [1.807, 2.05) is 24.3 Å². The molecule has 1 aromatic heterocycles. The molecule has 2 heterocycles. The number of halogens is 1. The number of thiazole rings is 1. The summed E-state index contributed by atoms with van der Waals surface area (Å²) in [5.41, 5.74) is 4.35. The molecule has 0 N–H and O–H groups in total. The lowest BCUT2D eigenvalue weighted by Gasteiger charge is -2.18. The van der Waals surface area contributed by atoms with Gasteiger partial charge >= 0.3 is 0 Å². The Hall–Kier alpha value is -2.63. The summed E-state index contributed by atoms with van der Waals surface area (Å²) in [7, 11) is 2.11. The molecular weight excluding hydrogens is 390 g/mol. The summed E-state index contributed by atoms with van der Waals surface area (Å²) >= 11 is 7.33. The number of para-hydroxylation sites is 2. The van der Waals surface area contributed by atoms with E-state index in [-0.39, 0.29) is 0 Å². The minimum absolute atomic E-state index is 0.448. The molecule has 0 saturated carbocycles. The van der Waals surface area contributed by atoms with Crippen molar-refractivity contribution in [2.24, 2.45) is 4.99 Å². The van der Waals surface area contributed by atoms with Gasteiger partial charge < -0.3 is 9.64 Å². The van der Waals surface area contributed by atoms with Gasteiger partial charge in [0.15, 0.2) is 4.47 Å². The van der Waals surface area contributed by atoms with Crippen LogP contribution in [0, 0.1) is 0 Å². The number of benzodiazepines with no additional fused rings is 1. The van der Waals surface area contributed by atoms with E-state index < -0.39 is 0 Å². The molecule has 28 heavy (non-hydrogen) atoms. The van der Waals surface area contributed by atoms with E-state index in [2.05, 4.69) is 53.3 Å². The number of likely N-dealkylation sites (N-methyl/N-ethyl adjacent to an activating group) is 1. The number of hydrogen-bond acceptors (Lipinski definition) is 5. The van der Waals surface area contributed by atoms with Crippen LogP contribution < -0.4 is 9.64 Å². The fraction of sp³-hybridized carbons (Fsp3) is 0.182. The Kier molecular flexibility index (Phi) is 5.74. The Morgan fingerprint density at radius 1 is 1.14 bits per heavy atom. The number of nitrogens with zero attached hydrogens (tertiary/aromatic N) is 3. The lowest BCUT2D eigenvalue weighted by Crippen LogP contribution is -2.20. The Bertz CT molecular complexity index is 1030. The predicted molar refractivity (Wildman–Crippen MR) is 118 cm³/mol. The Morgan fingerprint density at radius 2 is 1.96 bits per heavy atom. The highest BCUT2D eigenvalue weighted by Gasteiger charge is 2.13. The molecule has 4 nitrogen and oxygen atoms in total. The molecule has 0 atom stereocenters. The molecule has 2 aromatic carbocycles. The molecule has 142 valence electrons. The molecule has 1 aliphatic rings. The third-order valence-electron chi connectivity index (χ3n) is 4.54. The highest BCUT2D eigenvalue weighted by molar-refractivity contribution is 7.15. The predicted octanol–water partition coefficient (Wildman–Crippen LogP) is 5.33. The number of ether oxygens (including phenoxy) is 1. The molecule has 0 bridgehead atoms. The van der Waals surface area contributed by atoms with Gasteiger partial charge in [0.05, 0.1) is 17.1 Å². The molecule has 0 radical (unpaired) electrons. The van der Waals surface area contributed by atoms with Gasteiger partial charge in [0, 0.05) is 36.6 Å². The Balaban J connectivity index is 1.56. The van der Waals surface area contributed by atoms with Crippen LogP contribution in [0.4, 0.5) is 5.69 Å². The molecule has 4 rings (SSSR count). The molecule has 0 amide bonds. The summed E-state index contributed by atoms with van der Waals surface area (Å²) in [6.45, 7) is 2.13. The van der Waals surface area contributed by atoms with Crippen molar-refractivity contribution in [3.05, 3.63) is 81.3 Å².